The third-order valence-electron chi connectivity index (χ3n) is 4.31. The van der Waals surface area contributed by atoms with E-state index in [9.17, 15) is 4.79 Å². The van der Waals surface area contributed by atoms with Gasteiger partial charge in [0.15, 0.2) is 0 Å². The van der Waals surface area contributed by atoms with Crippen LogP contribution >= 0.6 is 0 Å². The highest BCUT2D eigenvalue weighted by Crippen LogP contribution is 2.22. The van der Waals surface area contributed by atoms with Crippen molar-refractivity contribution in [2.24, 2.45) is 7.05 Å². The van der Waals surface area contributed by atoms with Crippen molar-refractivity contribution in [2.75, 3.05) is 13.1 Å². The fraction of sp³-hybridized carbons (Fsp3) is 0.529. The third-order valence-corrected chi connectivity index (χ3v) is 4.31. The van der Waals surface area contributed by atoms with E-state index in [1.807, 2.05) is 4.90 Å². The zero-order valence-electron chi connectivity index (χ0n) is 13.1. The Morgan fingerprint density at radius 2 is 2.00 bits per heavy atom. The highest BCUT2D eigenvalue weighted by molar-refractivity contribution is 5.82. The maximum atomic E-state index is 12.2. The molecule has 3 rings (SSSR count). The lowest BCUT2D eigenvalue weighted by atomic mass is 10.1. The van der Waals surface area contributed by atoms with E-state index in [2.05, 4.69) is 43.7 Å². The van der Waals surface area contributed by atoms with Crippen LogP contribution in [0.15, 0.2) is 18.2 Å². The molecule has 0 unspecified atom stereocenters. The summed E-state index contributed by atoms with van der Waals surface area (Å²) in [6.07, 6.45) is 2.77. The van der Waals surface area contributed by atoms with Crippen LogP contribution in [0.5, 0.6) is 0 Å². The molecule has 1 aromatic carbocycles. The van der Waals surface area contributed by atoms with Crippen LogP contribution in [0.2, 0.25) is 0 Å². The van der Waals surface area contributed by atoms with Gasteiger partial charge in [-0.05, 0) is 30.5 Å². The molecular weight excluding hydrogens is 262 g/mol. The zero-order valence-corrected chi connectivity index (χ0v) is 13.1. The number of likely N-dealkylation sites (tertiary alicyclic amines) is 1. The summed E-state index contributed by atoms with van der Waals surface area (Å²) in [6, 6.07) is 6.21. The van der Waals surface area contributed by atoms with E-state index in [0.29, 0.717) is 12.3 Å². The lowest BCUT2D eigenvalue weighted by molar-refractivity contribution is -0.129. The van der Waals surface area contributed by atoms with E-state index in [4.69, 9.17) is 4.98 Å². The molecule has 0 atom stereocenters. The number of benzene rings is 1. The fourth-order valence-corrected chi connectivity index (χ4v) is 3.14. The van der Waals surface area contributed by atoms with E-state index >= 15 is 0 Å². The molecule has 4 heteroatoms. The topological polar surface area (TPSA) is 38.1 Å². The van der Waals surface area contributed by atoms with Gasteiger partial charge < -0.3 is 9.47 Å². The molecule has 21 heavy (non-hydrogen) atoms. The van der Waals surface area contributed by atoms with Crippen LogP contribution in [-0.4, -0.2) is 33.4 Å². The maximum absolute atomic E-state index is 12.2. The van der Waals surface area contributed by atoms with E-state index in [1.165, 1.54) is 0 Å². The molecule has 112 valence electrons. The van der Waals surface area contributed by atoms with Crippen LogP contribution in [0, 0.1) is 0 Å². The predicted molar refractivity (Wildman–Crippen MR) is 84.3 cm³/mol. The summed E-state index contributed by atoms with van der Waals surface area (Å²) in [5.41, 5.74) is 3.19. The summed E-state index contributed by atoms with van der Waals surface area (Å²) in [6.45, 7) is 6.14. The minimum atomic E-state index is 0.242. The second kappa shape index (κ2) is 5.51. The van der Waals surface area contributed by atoms with Crippen LogP contribution in [0.4, 0.5) is 0 Å². The Bertz CT molecular complexity index is 666. The van der Waals surface area contributed by atoms with Crippen LogP contribution in [0.25, 0.3) is 11.0 Å². The summed E-state index contributed by atoms with van der Waals surface area (Å²) >= 11 is 0. The molecule has 1 saturated heterocycles. The molecular formula is C17H23N3O. The van der Waals surface area contributed by atoms with Gasteiger partial charge in [0.25, 0.3) is 0 Å². The summed E-state index contributed by atoms with van der Waals surface area (Å²) < 4.78 is 2.14. The molecule has 4 nitrogen and oxygen atoms in total. The zero-order chi connectivity index (χ0) is 15.0. The quantitative estimate of drug-likeness (QED) is 0.869. The van der Waals surface area contributed by atoms with Crippen LogP contribution < -0.4 is 0 Å². The van der Waals surface area contributed by atoms with Gasteiger partial charge in [-0.1, -0.05) is 19.9 Å². The van der Waals surface area contributed by atoms with Crippen LogP contribution in [0.3, 0.4) is 0 Å². The van der Waals surface area contributed by atoms with Crippen molar-refractivity contribution in [3.8, 4) is 0 Å². The van der Waals surface area contributed by atoms with Gasteiger partial charge in [-0.25, -0.2) is 4.98 Å². The Balaban J connectivity index is 1.85. The standard InChI is InChI=1S/C17H23N3O/c1-12(2)17-18-14-10-13(6-7-15(14)19(17)3)11-16(21)20-8-4-5-9-20/h6-7,10,12H,4-5,8-9,11H2,1-3H3. The van der Waals surface area contributed by atoms with Gasteiger partial charge >= 0.3 is 0 Å². The van der Waals surface area contributed by atoms with Gasteiger partial charge in [-0.2, -0.15) is 0 Å². The Labute approximate surface area is 125 Å². The van der Waals surface area contributed by atoms with Crippen molar-refractivity contribution in [1.82, 2.24) is 14.5 Å². The van der Waals surface area contributed by atoms with Crippen molar-refractivity contribution < 1.29 is 4.79 Å². The number of amides is 1. The Morgan fingerprint density at radius 1 is 1.29 bits per heavy atom. The van der Waals surface area contributed by atoms with Gasteiger partial charge in [-0.3, -0.25) is 4.79 Å². The second-order valence-corrected chi connectivity index (χ2v) is 6.27. The molecule has 1 amide bonds. The molecule has 1 aromatic heterocycles. The Kier molecular flexibility index (Phi) is 3.70. The molecule has 0 radical (unpaired) electrons. The van der Waals surface area contributed by atoms with E-state index in [0.717, 1.165) is 48.4 Å². The molecule has 1 aliphatic heterocycles. The largest absolute Gasteiger partial charge is 0.342 e. The normalized spacial score (nSPS) is 15.3. The number of aromatic nitrogens is 2. The number of hydrogen-bond acceptors (Lipinski definition) is 2. The predicted octanol–water partition coefficient (Wildman–Crippen LogP) is 2.86. The first-order chi connectivity index (χ1) is 10.1. The summed E-state index contributed by atoms with van der Waals surface area (Å²) in [4.78, 5) is 18.9. The van der Waals surface area contributed by atoms with Crippen LogP contribution in [0.1, 0.15) is 44.0 Å². The van der Waals surface area contributed by atoms with E-state index < -0.39 is 0 Å². The smallest absolute Gasteiger partial charge is 0.226 e. The van der Waals surface area contributed by atoms with Crippen molar-refractivity contribution in [3.63, 3.8) is 0 Å². The van der Waals surface area contributed by atoms with Gasteiger partial charge in [0, 0.05) is 26.1 Å². The van der Waals surface area contributed by atoms with Crippen molar-refractivity contribution in [2.45, 2.75) is 39.0 Å². The van der Waals surface area contributed by atoms with E-state index in [1.54, 1.807) is 0 Å². The van der Waals surface area contributed by atoms with Crippen molar-refractivity contribution in [1.29, 1.82) is 0 Å². The second-order valence-electron chi connectivity index (χ2n) is 6.27. The fourth-order valence-electron chi connectivity index (χ4n) is 3.14. The first-order valence-corrected chi connectivity index (χ1v) is 7.79. The number of hydrogen-bond donors (Lipinski definition) is 0. The van der Waals surface area contributed by atoms with Gasteiger partial charge in [0.05, 0.1) is 17.5 Å². The maximum Gasteiger partial charge on any atom is 0.226 e. The highest BCUT2D eigenvalue weighted by atomic mass is 16.2. The SMILES string of the molecule is CC(C)c1nc2cc(CC(=O)N3CCCC3)ccc2n1C. The Hall–Kier alpha value is -1.84. The highest BCUT2D eigenvalue weighted by Gasteiger charge is 2.18. The number of aryl methyl sites for hydroxylation is 1. The summed E-state index contributed by atoms with van der Waals surface area (Å²) in [7, 11) is 2.06. The summed E-state index contributed by atoms with van der Waals surface area (Å²) in [5.74, 6) is 1.73. The minimum absolute atomic E-state index is 0.242. The number of rotatable bonds is 3. The monoisotopic (exact) mass is 285 g/mol. The van der Waals surface area contributed by atoms with Gasteiger partial charge in [0.2, 0.25) is 5.91 Å². The number of imidazole rings is 1. The molecule has 2 aromatic rings. The average molecular weight is 285 g/mol. The number of nitrogens with zero attached hydrogens (tertiary/aromatic N) is 3. The molecule has 1 aliphatic rings. The molecule has 0 aliphatic carbocycles. The lowest BCUT2D eigenvalue weighted by Gasteiger charge is -2.14. The molecule has 0 N–H and O–H groups in total. The number of fused-ring (bicyclic) bond motifs is 1. The number of carbonyl (C=O) groups is 1. The third kappa shape index (κ3) is 2.67. The van der Waals surface area contributed by atoms with Gasteiger partial charge in [-0.15, -0.1) is 0 Å². The minimum Gasteiger partial charge on any atom is -0.342 e. The van der Waals surface area contributed by atoms with Crippen molar-refractivity contribution >= 4 is 16.9 Å². The molecule has 0 spiro atoms. The molecule has 0 saturated carbocycles. The average Bonchev–Trinajstić information content (AvgIpc) is 3.07. The number of carbonyl (C=O) groups excluding carboxylic acids is 1. The lowest BCUT2D eigenvalue weighted by Crippen LogP contribution is -2.29. The molecule has 2 heterocycles. The molecule has 1 fully saturated rings. The van der Waals surface area contributed by atoms with Gasteiger partial charge in [0.1, 0.15) is 5.82 Å². The Morgan fingerprint density at radius 3 is 2.67 bits per heavy atom. The first kappa shape index (κ1) is 14.1. The van der Waals surface area contributed by atoms with Crippen LogP contribution in [-0.2, 0) is 18.3 Å². The molecule has 0 bridgehead atoms. The first-order valence-electron chi connectivity index (χ1n) is 7.79. The summed E-state index contributed by atoms with van der Waals surface area (Å²) in [5, 5.41) is 0. The van der Waals surface area contributed by atoms with Crippen molar-refractivity contribution in [3.05, 3.63) is 29.6 Å². The van der Waals surface area contributed by atoms with E-state index in [-0.39, 0.29) is 5.91 Å².